The first-order chi connectivity index (χ1) is 35.7. The van der Waals surface area contributed by atoms with Gasteiger partial charge in [0, 0.05) is 78.8 Å². The predicted molar refractivity (Wildman–Crippen MR) is 281 cm³/mol. The van der Waals surface area contributed by atoms with Crippen LogP contribution in [0.1, 0.15) is 97.3 Å². The molecule has 10 rings (SSSR count). The van der Waals surface area contributed by atoms with Gasteiger partial charge in [0.05, 0.1) is 71.9 Å². The van der Waals surface area contributed by atoms with Crippen LogP contribution in [0.3, 0.4) is 0 Å². The molecule has 0 aliphatic carbocycles. The molecule has 3 atom stereocenters. The lowest BCUT2D eigenvalue weighted by Crippen LogP contribution is -2.35. The number of aromatic amines is 2. The number of carbonyl (C=O) groups excluding carboxylic acids is 3. The second-order valence-corrected chi connectivity index (χ2v) is 18.4. The molecule has 0 spiro atoms. The second kappa shape index (κ2) is 24.5. The second-order valence-electron chi connectivity index (χ2n) is 18.4. The average molecular weight is 1020 g/mol. The smallest absolute Gasteiger partial charge is 0.255 e. The number of H-pyrrole nitrogens is 2. The first-order valence-electron chi connectivity index (χ1n) is 25.0. The van der Waals surface area contributed by atoms with E-state index in [1.807, 2.05) is 12.1 Å². The third-order valence-corrected chi connectivity index (χ3v) is 13.8. The number of anilines is 4. The van der Waals surface area contributed by atoms with Crippen molar-refractivity contribution in [2.24, 2.45) is 0 Å². The number of ether oxygens (including phenoxy) is 4. The quantitative estimate of drug-likeness (QED) is 0.0379. The van der Waals surface area contributed by atoms with E-state index in [9.17, 15) is 23.2 Å². The molecule has 0 saturated carbocycles. The third kappa shape index (κ3) is 11.3. The summed E-state index contributed by atoms with van der Waals surface area (Å²) in [7, 11) is 2.81. The molecule has 17 nitrogen and oxygen atoms in total. The van der Waals surface area contributed by atoms with Crippen LogP contribution in [0, 0.1) is 11.6 Å². The number of likely N-dealkylation sites (tertiary alicyclic amines) is 1. The zero-order valence-corrected chi connectivity index (χ0v) is 41.3. The fraction of sp³-hybridized carbons (Fsp3) is 0.400. The van der Waals surface area contributed by atoms with Crippen molar-refractivity contribution in [2.75, 3.05) is 70.8 Å². The molecule has 74 heavy (non-hydrogen) atoms. The lowest BCUT2D eigenvalue weighted by Gasteiger charge is -2.24. The highest BCUT2D eigenvalue weighted by Crippen LogP contribution is 2.45. The Bertz CT molecular complexity index is 2920. The Hall–Kier alpha value is -7.51. The number of para-hydroxylation sites is 2. The first-order valence-corrected chi connectivity index (χ1v) is 25.0. The van der Waals surface area contributed by atoms with E-state index in [1.165, 1.54) is 32.8 Å². The Morgan fingerprint density at radius 3 is 2.04 bits per heavy atom. The molecule has 2 fully saturated rings. The van der Waals surface area contributed by atoms with E-state index >= 15 is 0 Å². The third-order valence-electron chi connectivity index (χ3n) is 13.8. The molecule has 7 N–H and O–H groups in total. The zero-order valence-electron chi connectivity index (χ0n) is 41.3. The number of nitrogens with zero attached hydrogens (tertiary/aromatic N) is 3. The number of aromatic nitrogens is 4. The van der Waals surface area contributed by atoms with Crippen molar-refractivity contribution < 1.29 is 42.1 Å². The van der Waals surface area contributed by atoms with E-state index in [0.29, 0.717) is 114 Å². The van der Waals surface area contributed by atoms with Crippen LogP contribution in [0.2, 0.25) is 0 Å². The SMILES string of the molecule is C.CCCN1CCC[C@@H]1COc1cnccc1-c1[nH]c2c(c1Nc1cccc(F)c1OC)C(=O)NCC2.COc1c(F)cccc1Nc1c(-c2ccncc2OC[C@H]2CCCN2)[nH]c2c1C(=O)NCC2CCC=O. The van der Waals surface area contributed by atoms with Crippen molar-refractivity contribution >= 4 is 40.9 Å². The number of rotatable bonds is 19. The Kier molecular flexibility index (Phi) is 17.5. The van der Waals surface area contributed by atoms with Crippen molar-refractivity contribution in [3.63, 3.8) is 0 Å². The van der Waals surface area contributed by atoms with Crippen molar-refractivity contribution in [3.8, 4) is 45.5 Å². The van der Waals surface area contributed by atoms with Crippen LogP contribution in [0.25, 0.3) is 22.5 Å². The van der Waals surface area contributed by atoms with Crippen molar-refractivity contribution in [1.29, 1.82) is 0 Å². The van der Waals surface area contributed by atoms with Gasteiger partial charge < -0.3 is 60.3 Å². The Morgan fingerprint density at radius 2 is 1.42 bits per heavy atom. The Morgan fingerprint density at radius 1 is 0.784 bits per heavy atom. The molecule has 8 heterocycles. The number of halogens is 2. The molecule has 392 valence electrons. The Balaban J connectivity index is 0.000000194. The lowest BCUT2D eigenvalue weighted by molar-refractivity contribution is -0.108. The first kappa shape index (κ1) is 52.8. The van der Waals surface area contributed by atoms with E-state index < -0.39 is 11.6 Å². The molecular weight excluding hydrogens is 951 g/mol. The molecule has 2 aromatic carbocycles. The van der Waals surface area contributed by atoms with Gasteiger partial charge in [0.2, 0.25) is 0 Å². The maximum Gasteiger partial charge on any atom is 0.255 e. The van der Waals surface area contributed by atoms with Gasteiger partial charge in [-0.25, -0.2) is 8.78 Å². The van der Waals surface area contributed by atoms with E-state index in [-0.39, 0.29) is 42.7 Å². The van der Waals surface area contributed by atoms with Gasteiger partial charge in [-0.15, -0.1) is 0 Å². The number of amides is 2. The number of methoxy groups -OCH3 is 2. The number of pyridine rings is 2. The van der Waals surface area contributed by atoms with Gasteiger partial charge in [0.15, 0.2) is 23.1 Å². The monoisotopic (exact) mass is 1020 g/mol. The van der Waals surface area contributed by atoms with Gasteiger partial charge in [-0.05, 0) is 94.6 Å². The number of hydrogen-bond donors (Lipinski definition) is 7. The number of hydrogen-bond acceptors (Lipinski definition) is 13. The number of aldehydes is 1. The van der Waals surface area contributed by atoms with Gasteiger partial charge >= 0.3 is 0 Å². The Labute approximate surface area is 429 Å². The summed E-state index contributed by atoms with van der Waals surface area (Å²) in [6.45, 7) is 7.35. The topological polar surface area (TPSA) is 209 Å². The van der Waals surface area contributed by atoms with Crippen molar-refractivity contribution in [2.45, 2.75) is 83.7 Å². The van der Waals surface area contributed by atoms with E-state index in [2.05, 4.69) is 58.3 Å². The fourth-order valence-electron chi connectivity index (χ4n) is 10.3. The molecule has 1 unspecified atom stereocenters. The summed E-state index contributed by atoms with van der Waals surface area (Å²) in [5.41, 5.74) is 7.10. The molecule has 0 radical (unpaired) electrons. The number of nitrogens with one attached hydrogen (secondary N) is 7. The molecule has 4 aliphatic heterocycles. The zero-order chi connectivity index (χ0) is 50.8. The summed E-state index contributed by atoms with van der Waals surface area (Å²) in [5, 5.41) is 15.8. The normalized spacial score (nSPS) is 17.9. The van der Waals surface area contributed by atoms with Gasteiger partial charge in [0.25, 0.3) is 11.8 Å². The molecular formula is C55H66F2N10O7. The molecule has 6 aromatic rings. The van der Waals surface area contributed by atoms with Crippen LogP contribution in [0.4, 0.5) is 31.5 Å². The minimum atomic E-state index is -0.524. The minimum Gasteiger partial charge on any atom is -0.492 e. The molecule has 4 aliphatic rings. The molecule has 19 heteroatoms. The average Bonchev–Trinajstić information content (AvgIpc) is 4.24. The van der Waals surface area contributed by atoms with Gasteiger partial charge in [-0.3, -0.25) is 24.5 Å². The van der Waals surface area contributed by atoms with Crippen LogP contribution in [0.5, 0.6) is 23.0 Å². The number of carbonyl (C=O) groups is 3. The van der Waals surface area contributed by atoms with Crippen molar-refractivity contribution in [3.05, 3.63) is 107 Å². The van der Waals surface area contributed by atoms with Gasteiger partial charge in [-0.2, -0.15) is 0 Å². The van der Waals surface area contributed by atoms with Crippen LogP contribution in [-0.2, 0) is 11.2 Å². The van der Waals surface area contributed by atoms with Crippen LogP contribution in [-0.4, -0.2) is 115 Å². The fourth-order valence-corrected chi connectivity index (χ4v) is 10.3. The van der Waals surface area contributed by atoms with Gasteiger partial charge in [-0.1, -0.05) is 26.5 Å². The standard InChI is InChI=1S/C27H30FN5O4.C27H32FN5O3.CH4/c1-36-26-19(28)7-2-8-20(26)32-25-22-23(16(5-4-12-34)13-31-27(22)35)33-24(25)18-9-11-29-14-21(18)37-15-17-6-3-10-30-17;1-3-13-33-14-5-6-17(33)16-36-22-15-29-11-9-18(22)24-25(23-20(31-24)10-12-30-27(23)34)32-21-8-4-7-19(28)26(21)35-2;/h2,7-9,11-12,14,16-17,30,32-33H,3-6,10,13,15H2,1H3,(H,31,35);4,7-9,11,15,17,31-32H,3,5-6,10,12-14,16H2,1-2H3,(H,30,34);1H4/t16?,17-;17-;/m11./s1. The van der Waals surface area contributed by atoms with Crippen molar-refractivity contribution in [1.82, 2.24) is 40.8 Å². The summed E-state index contributed by atoms with van der Waals surface area (Å²) < 4.78 is 52.1. The minimum absolute atomic E-state index is 0. The largest absolute Gasteiger partial charge is 0.492 e. The highest BCUT2D eigenvalue weighted by molar-refractivity contribution is 6.08. The molecule has 4 aromatic heterocycles. The van der Waals surface area contributed by atoms with E-state index in [0.717, 1.165) is 68.6 Å². The van der Waals surface area contributed by atoms with Crippen LogP contribution < -0.4 is 45.5 Å². The highest BCUT2D eigenvalue weighted by Gasteiger charge is 2.35. The maximum atomic E-state index is 14.5. The molecule has 2 amide bonds. The molecule has 0 bridgehead atoms. The summed E-state index contributed by atoms with van der Waals surface area (Å²) in [4.78, 5) is 55.1. The highest BCUT2D eigenvalue weighted by atomic mass is 19.1. The maximum absolute atomic E-state index is 14.5. The summed E-state index contributed by atoms with van der Waals surface area (Å²) >= 11 is 0. The van der Waals surface area contributed by atoms with Gasteiger partial charge in [0.1, 0.15) is 31.0 Å². The number of fused-ring (bicyclic) bond motifs is 2. The lowest BCUT2D eigenvalue weighted by atomic mass is 9.92. The summed E-state index contributed by atoms with van der Waals surface area (Å²) in [5.74, 6) is -0.228. The van der Waals surface area contributed by atoms with E-state index in [1.54, 1.807) is 49.1 Å². The summed E-state index contributed by atoms with van der Waals surface area (Å²) in [6, 6.07) is 13.6. The van der Waals surface area contributed by atoms with Crippen LogP contribution in [0.15, 0.2) is 73.3 Å². The van der Waals surface area contributed by atoms with E-state index in [4.69, 9.17) is 18.9 Å². The summed E-state index contributed by atoms with van der Waals surface area (Å²) in [6.07, 6.45) is 14.8. The number of benzene rings is 2. The molecule has 2 saturated heterocycles. The predicted octanol–water partition coefficient (Wildman–Crippen LogP) is 9.05. The van der Waals surface area contributed by atoms with Crippen LogP contribution >= 0.6 is 0 Å².